The van der Waals surface area contributed by atoms with Gasteiger partial charge in [-0.15, -0.1) is 0 Å². The highest BCUT2D eigenvalue weighted by atomic mass is 16.8. The van der Waals surface area contributed by atoms with E-state index in [9.17, 15) is 38.4 Å². The third kappa shape index (κ3) is 14.8. The molecule has 8 aromatic carbocycles. The SMILES string of the molecule is O=C(OCC1O[C@@H](O[C@@]2(COC(=O)c3ccccc3)O[C@H](COC(=O)c3ccccc3)C(OC(=O)c3ccccc3)[C@H]2OC(=O)c2ccccc2)C(OC(=O)c2ccccc2)[C@@H](OC(=O)c2ccccc2)[C@@H]1OC(=O)c1ccccc1)c1ccccc1. The van der Waals surface area contributed by atoms with Crippen molar-refractivity contribution in [3.05, 3.63) is 287 Å². The van der Waals surface area contributed by atoms with Crippen LogP contribution in [0.25, 0.3) is 0 Å². The van der Waals surface area contributed by atoms with Crippen molar-refractivity contribution in [3.63, 3.8) is 0 Å². The Balaban J connectivity index is 1.16. The average Bonchev–Trinajstić information content (AvgIpc) is 1.83. The molecule has 0 radical (unpaired) electrons. The Morgan fingerprint density at radius 2 is 0.575 bits per heavy atom. The van der Waals surface area contributed by atoms with Crippen LogP contribution in [0.3, 0.4) is 0 Å². The van der Waals surface area contributed by atoms with Gasteiger partial charge in [-0.05, 0) is 97.1 Å². The van der Waals surface area contributed by atoms with E-state index in [2.05, 4.69) is 0 Å². The van der Waals surface area contributed by atoms with Gasteiger partial charge in [0.1, 0.15) is 32.0 Å². The summed E-state index contributed by atoms with van der Waals surface area (Å²) in [5.74, 6) is -10.8. The van der Waals surface area contributed by atoms with Crippen LogP contribution < -0.4 is 0 Å². The number of hydrogen-bond donors (Lipinski definition) is 0. The molecule has 87 heavy (non-hydrogen) atoms. The Bertz CT molecular complexity index is 3640. The molecule has 2 saturated heterocycles. The van der Waals surface area contributed by atoms with E-state index in [1.54, 1.807) is 146 Å². The molecular formula is C68H54O19. The molecule has 2 heterocycles. The molecule has 0 bridgehead atoms. The summed E-state index contributed by atoms with van der Waals surface area (Å²) in [5, 5.41) is 0. The van der Waals surface area contributed by atoms with Crippen LogP contribution in [0.5, 0.6) is 0 Å². The molecule has 440 valence electrons. The van der Waals surface area contributed by atoms with Crippen molar-refractivity contribution in [1.82, 2.24) is 0 Å². The molecule has 19 heteroatoms. The first kappa shape index (κ1) is 59.6. The molecule has 0 saturated carbocycles. The average molecular weight is 1180 g/mol. The molecule has 0 amide bonds. The quantitative estimate of drug-likeness (QED) is 0.0480. The van der Waals surface area contributed by atoms with Crippen molar-refractivity contribution in [3.8, 4) is 0 Å². The van der Waals surface area contributed by atoms with Gasteiger partial charge in [-0.1, -0.05) is 146 Å². The Hall–Kier alpha value is -10.6. The zero-order valence-corrected chi connectivity index (χ0v) is 46.1. The standard InChI is InChI=1S/C68H54O19/c69-59(44-25-9-1-10-26-44)77-41-52-54(81-62(72)47-31-15-4-16-32-47)56(83-64(74)49-35-19-6-20-36-49)57(84-65(75)50-37-21-7-22-38-50)67(80-52)87-68(43-79-61(71)46-29-13-3-14-30-46)58(85-66(76)51-39-23-8-24-40-51)55(82-63(73)48-33-17-5-18-34-48)53(86-68)42-78-60(70)45-27-11-2-12-28-45/h1-40,52-58,67H,41-43H2/t52?,53-,54-,55?,56+,57?,58-,67+,68-/m1/s1. The number of carbonyl (C=O) groups is 8. The summed E-state index contributed by atoms with van der Waals surface area (Å²) in [5.41, 5.74) is 0.125. The maximum Gasteiger partial charge on any atom is 0.338 e. The molecular weight excluding hydrogens is 1120 g/mol. The van der Waals surface area contributed by atoms with Crippen LogP contribution in [0.1, 0.15) is 82.9 Å². The van der Waals surface area contributed by atoms with Gasteiger partial charge in [-0.25, -0.2) is 38.4 Å². The summed E-state index contributed by atoms with van der Waals surface area (Å²) < 4.78 is 70.1. The van der Waals surface area contributed by atoms with Crippen LogP contribution in [0.2, 0.25) is 0 Å². The highest BCUT2D eigenvalue weighted by Crippen LogP contribution is 2.43. The maximum atomic E-state index is 14.7. The first-order valence-corrected chi connectivity index (χ1v) is 27.4. The Morgan fingerprint density at radius 1 is 0.299 bits per heavy atom. The van der Waals surface area contributed by atoms with E-state index in [0.29, 0.717) is 0 Å². The maximum absolute atomic E-state index is 14.7. The molecule has 9 atom stereocenters. The van der Waals surface area contributed by atoms with Gasteiger partial charge in [-0.2, -0.15) is 0 Å². The summed E-state index contributed by atoms with van der Waals surface area (Å²) in [6, 6.07) is 61.6. The van der Waals surface area contributed by atoms with Gasteiger partial charge < -0.3 is 52.1 Å². The largest absolute Gasteiger partial charge is 0.459 e. The number of ether oxygens (including phenoxy) is 11. The fraction of sp³-hybridized carbons (Fsp3) is 0.176. The van der Waals surface area contributed by atoms with Gasteiger partial charge in [0.05, 0.1) is 44.5 Å². The Morgan fingerprint density at radius 3 is 0.931 bits per heavy atom. The minimum atomic E-state index is -2.85. The second kappa shape index (κ2) is 28.3. The van der Waals surface area contributed by atoms with Crippen LogP contribution in [-0.4, -0.2) is 122 Å². The molecule has 0 N–H and O–H groups in total. The minimum absolute atomic E-state index is 0.00940. The summed E-state index contributed by atoms with van der Waals surface area (Å²) >= 11 is 0. The molecule has 3 unspecified atom stereocenters. The molecule has 2 fully saturated rings. The number of hydrogen-bond acceptors (Lipinski definition) is 19. The van der Waals surface area contributed by atoms with Crippen molar-refractivity contribution in [2.45, 2.75) is 54.8 Å². The van der Waals surface area contributed by atoms with E-state index in [4.69, 9.17) is 52.1 Å². The van der Waals surface area contributed by atoms with Crippen molar-refractivity contribution >= 4 is 47.8 Å². The van der Waals surface area contributed by atoms with E-state index in [-0.39, 0.29) is 44.5 Å². The lowest BCUT2D eigenvalue weighted by atomic mass is 9.97. The molecule has 19 nitrogen and oxygen atoms in total. The van der Waals surface area contributed by atoms with E-state index in [1.165, 1.54) is 97.1 Å². The van der Waals surface area contributed by atoms with Crippen LogP contribution in [-0.2, 0) is 52.1 Å². The highest BCUT2D eigenvalue weighted by molar-refractivity contribution is 5.93. The van der Waals surface area contributed by atoms with Crippen LogP contribution in [0, 0.1) is 0 Å². The van der Waals surface area contributed by atoms with Crippen molar-refractivity contribution in [2.24, 2.45) is 0 Å². The van der Waals surface area contributed by atoms with Crippen LogP contribution in [0.15, 0.2) is 243 Å². The van der Waals surface area contributed by atoms with Crippen LogP contribution >= 0.6 is 0 Å². The predicted molar refractivity (Wildman–Crippen MR) is 306 cm³/mol. The second-order valence-electron chi connectivity index (χ2n) is 19.6. The lowest BCUT2D eigenvalue weighted by Crippen LogP contribution is -2.66. The van der Waals surface area contributed by atoms with Crippen molar-refractivity contribution < 1.29 is 90.5 Å². The van der Waals surface area contributed by atoms with Gasteiger partial charge in [0.25, 0.3) is 0 Å². The first-order valence-electron chi connectivity index (χ1n) is 27.4. The zero-order chi connectivity index (χ0) is 60.5. The molecule has 2 aliphatic heterocycles. The summed E-state index contributed by atoms with van der Waals surface area (Å²) in [4.78, 5) is 115. The van der Waals surface area contributed by atoms with E-state index < -0.39 is 122 Å². The zero-order valence-electron chi connectivity index (χ0n) is 46.1. The molecule has 10 rings (SSSR count). The van der Waals surface area contributed by atoms with Gasteiger partial charge in [-0.3, -0.25) is 0 Å². The minimum Gasteiger partial charge on any atom is -0.459 e. The summed E-state index contributed by atoms with van der Waals surface area (Å²) in [6.45, 7) is -2.69. The number of benzene rings is 8. The predicted octanol–water partition coefficient (Wildman–Crippen LogP) is 9.52. The fourth-order valence-corrected chi connectivity index (χ4v) is 9.49. The van der Waals surface area contributed by atoms with E-state index in [0.717, 1.165) is 0 Å². The van der Waals surface area contributed by atoms with Gasteiger partial charge in [0.15, 0.2) is 30.5 Å². The molecule has 0 aliphatic carbocycles. The van der Waals surface area contributed by atoms with Crippen molar-refractivity contribution in [1.29, 1.82) is 0 Å². The van der Waals surface area contributed by atoms with E-state index in [1.807, 2.05) is 0 Å². The van der Waals surface area contributed by atoms with Crippen LogP contribution in [0.4, 0.5) is 0 Å². The number of rotatable bonds is 21. The fourth-order valence-electron chi connectivity index (χ4n) is 9.49. The van der Waals surface area contributed by atoms with Gasteiger partial charge >= 0.3 is 47.8 Å². The topological polar surface area (TPSA) is 238 Å². The molecule has 8 aromatic rings. The van der Waals surface area contributed by atoms with Gasteiger partial charge in [0, 0.05) is 0 Å². The third-order valence-corrected chi connectivity index (χ3v) is 13.8. The molecule has 2 aliphatic rings. The summed E-state index contributed by atoms with van der Waals surface area (Å²) in [6.07, 6.45) is -15.7. The lowest BCUT2D eigenvalue weighted by molar-refractivity contribution is -0.380. The normalized spacial score (nSPS) is 21.1. The Kier molecular flexibility index (Phi) is 19.4. The highest BCUT2D eigenvalue weighted by Gasteiger charge is 2.65. The Labute approximate surface area is 498 Å². The van der Waals surface area contributed by atoms with Gasteiger partial charge in [0.2, 0.25) is 12.1 Å². The lowest BCUT2D eigenvalue weighted by Gasteiger charge is -2.46. The monoisotopic (exact) mass is 1170 g/mol. The third-order valence-electron chi connectivity index (χ3n) is 13.8. The molecule has 0 spiro atoms. The smallest absolute Gasteiger partial charge is 0.338 e. The number of esters is 8. The van der Waals surface area contributed by atoms with E-state index >= 15 is 0 Å². The van der Waals surface area contributed by atoms with Crippen molar-refractivity contribution in [2.75, 3.05) is 19.8 Å². The molecule has 0 aromatic heterocycles. The second-order valence-corrected chi connectivity index (χ2v) is 19.6. The first-order chi connectivity index (χ1) is 42.4. The number of carbonyl (C=O) groups excluding carboxylic acids is 8. The summed E-state index contributed by atoms with van der Waals surface area (Å²) in [7, 11) is 0.